The van der Waals surface area contributed by atoms with Gasteiger partial charge in [-0.2, -0.15) is 0 Å². The van der Waals surface area contributed by atoms with Crippen molar-refractivity contribution in [2.24, 2.45) is 0 Å². The predicted molar refractivity (Wildman–Crippen MR) is 99.5 cm³/mol. The summed E-state index contributed by atoms with van der Waals surface area (Å²) in [4.78, 5) is 11.9. The van der Waals surface area contributed by atoms with Gasteiger partial charge in [0.15, 0.2) is 5.78 Å². The van der Waals surface area contributed by atoms with Crippen LogP contribution in [0.2, 0.25) is 5.15 Å². The summed E-state index contributed by atoms with van der Waals surface area (Å²) < 4.78 is 2.01. The van der Waals surface area contributed by atoms with Gasteiger partial charge in [-0.1, -0.05) is 59.8 Å². The first-order chi connectivity index (χ1) is 11.7. The number of nitrogens with zero attached hydrogens (tertiary/aromatic N) is 1. The molecule has 24 heavy (non-hydrogen) atoms. The number of fused-ring (bicyclic) bond motifs is 1. The number of unbranched alkanes of at least 4 members (excludes halogenated alkanes) is 1. The van der Waals surface area contributed by atoms with Crippen molar-refractivity contribution in [2.45, 2.75) is 26.3 Å². The van der Waals surface area contributed by atoms with Gasteiger partial charge in [0, 0.05) is 29.4 Å². The first kappa shape index (κ1) is 16.4. The number of para-hydroxylation sites is 1. The summed E-state index contributed by atoms with van der Waals surface area (Å²) in [5.41, 5.74) is 2.65. The molecule has 0 fully saturated rings. The zero-order valence-electron chi connectivity index (χ0n) is 13.6. The Balaban J connectivity index is 1.75. The second kappa shape index (κ2) is 7.38. The third kappa shape index (κ3) is 3.37. The summed E-state index contributed by atoms with van der Waals surface area (Å²) in [7, 11) is 0. The van der Waals surface area contributed by atoms with Gasteiger partial charge in [0.1, 0.15) is 5.15 Å². The van der Waals surface area contributed by atoms with E-state index in [1.165, 1.54) is 0 Å². The van der Waals surface area contributed by atoms with E-state index in [-0.39, 0.29) is 5.78 Å². The third-order valence-electron chi connectivity index (χ3n) is 3.95. The van der Waals surface area contributed by atoms with Gasteiger partial charge in [0.05, 0.1) is 5.56 Å². The van der Waals surface area contributed by atoms with Gasteiger partial charge in [-0.15, -0.1) is 0 Å². The normalized spacial score (nSPS) is 10.4. The first-order valence-corrected chi connectivity index (χ1v) is 8.38. The van der Waals surface area contributed by atoms with E-state index in [4.69, 9.17) is 11.6 Å². The fourth-order valence-electron chi connectivity index (χ4n) is 2.84. The molecule has 0 N–H and O–H groups in total. The molecular weight excluding hydrogens is 318 g/mol. The molecule has 2 aromatic carbocycles. The molecule has 0 saturated carbocycles. The lowest BCUT2D eigenvalue weighted by Gasteiger charge is -2.05. The summed E-state index contributed by atoms with van der Waals surface area (Å²) in [5.74, 6) is 6.35. The highest BCUT2D eigenvalue weighted by Gasteiger charge is 2.17. The van der Waals surface area contributed by atoms with Crippen LogP contribution in [0.25, 0.3) is 10.9 Å². The van der Waals surface area contributed by atoms with Crippen molar-refractivity contribution >= 4 is 28.3 Å². The van der Waals surface area contributed by atoms with E-state index in [9.17, 15) is 4.79 Å². The van der Waals surface area contributed by atoms with Gasteiger partial charge in [0.2, 0.25) is 0 Å². The molecule has 2 nitrogen and oxygen atoms in total. The van der Waals surface area contributed by atoms with Gasteiger partial charge in [-0.05, 0) is 31.5 Å². The van der Waals surface area contributed by atoms with Crippen molar-refractivity contribution in [1.29, 1.82) is 0 Å². The van der Waals surface area contributed by atoms with E-state index in [1.807, 2.05) is 59.2 Å². The van der Waals surface area contributed by atoms with Crippen molar-refractivity contribution in [3.05, 3.63) is 70.9 Å². The Morgan fingerprint density at radius 2 is 1.79 bits per heavy atom. The second-order valence-corrected chi connectivity index (χ2v) is 6.02. The SMILES string of the molecule is CC(=O)c1c(Cl)n(CCCC#Cc2ccccc2)c2ccccc12. The van der Waals surface area contributed by atoms with Crippen LogP contribution in [-0.2, 0) is 6.54 Å². The number of aromatic nitrogens is 1. The van der Waals surface area contributed by atoms with Crippen LogP contribution < -0.4 is 0 Å². The van der Waals surface area contributed by atoms with Gasteiger partial charge in [0.25, 0.3) is 0 Å². The van der Waals surface area contributed by atoms with E-state index in [0.29, 0.717) is 10.7 Å². The molecule has 3 heteroatoms. The Morgan fingerprint density at radius 1 is 1.08 bits per heavy atom. The van der Waals surface area contributed by atoms with Crippen molar-refractivity contribution in [3.63, 3.8) is 0 Å². The average Bonchev–Trinajstić information content (AvgIpc) is 2.87. The molecule has 1 aromatic heterocycles. The maximum absolute atomic E-state index is 11.9. The van der Waals surface area contributed by atoms with Crippen LogP contribution in [0, 0.1) is 11.8 Å². The molecule has 3 aromatic rings. The molecule has 0 amide bonds. The second-order valence-electron chi connectivity index (χ2n) is 5.66. The van der Waals surface area contributed by atoms with E-state index in [0.717, 1.165) is 35.9 Å². The molecule has 0 spiro atoms. The van der Waals surface area contributed by atoms with Crippen LogP contribution in [-0.4, -0.2) is 10.4 Å². The lowest BCUT2D eigenvalue weighted by Crippen LogP contribution is -1.99. The number of ketones is 1. The minimum atomic E-state index is -0.00109. The van der Waals surface area contributed by atoms with Crippen molar-refractivity contribution in [3.8, 4) is 11.8 Å². The summed E-state index contributed by atoms with van der Waals surface area (Å²) in [6.45, 7) is 2.30. The van der Waals surface area contributed by atoms with E-state index in [1.54, 1.807) is 6.92 Å². The predicted octanol–water partition coefficient (Wildman–Crippen LogP) is 5.33. The number of carbonyl (C=O) groups excluding carboxylic acids is 1. The van der Waals surface area contributed by atoms with E-state index in [2.05, 4.69) is 11.8 Å². The number of carbonyl (C=O) groups is 1. The zero-order valence-corrected chi connectivity index (χ0v) is 14.3. The number of halogens is 1. The van der Waals surface area contributed by atoms with Crippen molar-refractivity contribution in [2.75, 3.05) is 0 Å². The number of Topliss-reactive ketones (excluding diaryl/α,β-unsaturated/α-hetero) is 1. The standard InChI is InChI=1S/C21H18ClNO/c1-16(24)20-18-13-7-8-14-19(18)23(21(20)22)15-9-3-6-12-17-10-4-2-5-11-17/h2,4-5,7-8,10-11,13-14H,3,9,15H2,1H3. The number of hydrogen-bond acceptors (Lipinski definition) is 1. The number of hydrogen-bond donors (Lipinski definition) is 0. The molecule has 0 radical (unpaired) electrons. The first-order valence-electron chi connectivity index (χ1n) is 8.00. The van der Waals surface area contributed by atoms with E-state index >= 15 is 0 Å². The van der Waals surface area contributed by atoms with Crippen molar-refractivity contribution < 1.29 is 4.79 Å². The molecule has 0 aliphatic rings. The fraction of sp³-hybridized carbons (Fsp3) is 0.190. The van der Waals surface area contributed by atoms with Gasteiger partial charge >= 0.3 is 0 Å². The van der Waals surface area contributed by atoms with E-state index < -0.39 is 0 Å². The number of aryl methyl sites for hydroxylation is 1. The Kier molecular flexibility index (Phi) is 5.03. The minimum absolute atomic E-state index is 0.00109. The fourth-order valence-corrected chi connectivity index (χ4v) is 3.25. The molecular formula is C21H18ClNO. The number of rotatable bonds is 4. The molecule has 0 unspecified atom stereocenters. The van der Waals surface area contributed by atoms with Crippen LogP contribution in [0.4, 0.5) is 0 Å². The highest BCUT2D eigenvalue weighted by molar-refractivity contribution is 6.35. The van der Waals surface area contributed by atoms with Gasteiger partial charge < -0.3 is 4.57 Å². The smallest absolute Gasteiger partial charge is 0.163 e. The third-order valence-corrected chi connectivity index (χ3v) is 4.34. The van der Waals surface area contributed by atoms with Crippen LogP contribution in [0.3, 0.4) is 0 Å². The van der Waals surface area contributed by atoms with Crippen LogP contribution in [0.15, 0.2) is 54.6 Å². The van der Waals surface area contributed by atoms with Crippen LogP contribution in [0.1, 0.15) is 35.7 Å². The summed E-state index contributed by atoms with van der Waals surface area (Å²) >= 11 is 6.46. The molecule has 0 atom stereocenters. The molecule has 1 heterocycles. The van der Waals surface area contributed by atoms with Gasteiger partial charge in [-0.3, -0.25) is 4.79 Å². The highest BCUT2D eigenvalue weighted by atomic mass is 35.5. The minimum Gasteiger partial charge on any atom is -0.331 e. The number of benzene rings is 2. The Hall–Kier alpha value is -2.50. The monoisotopic (exact) mass is 335 g/mol. The molecule has 120 valence electrons. The molecule has 0 bridgehead atoms. The topological polar surface area (TPSA) is 22.0 Å². The van der Waals surface area contributed by atoms with Crippen molar-refractivity contribution in [1.82, 2.24) is 4.57 Å². The Morgan fingerprint density at radius 3 is 2.54 bits per heavy atom. The van der Waals surface area contributed by atoms with Crippen LogP contribution >= 0.6 is 11.6 Å². The zero-order chi connectivity index (χ0) is 16.9. The quantitative estimate of drug-likeness (QED) is 0.359. The lowest BCUT2D eigenvalue weighted by atomic mass is 10.1. The summed E-state index contributed by atoms with van der Waals surface area (Å²) in [6.07, 6.45) is 1.67. The summed E-state index contributed by atoms with van der Waals surface area (Å²) in [5, 5.41) is 1.45. The molecule has 3 rings (SSSR count). The Bertz CT molecular complexity index is 929. The maximum atomic E-state index is 11.9. The highest BCUT2D eigenvalue weighted by Crippen LogP contribution is 2.30. The maximum Gasteiger partial charge on any atom is 0.163 e. The molecule has 0 aliphatic carbocycles. The molecule has 0 saturated heterocycles. The molecule has 0 aliphatic heterocycles. The average molecular weight is 336 g/mol. The van der Waals surface area contributed by atoms with Gasteiger partial charge in [-0.25, -0.2) is 0 Å². The lowest BCUT2D eigenvalue weighted by molar-refractivity contribution is 0.101. The summed E-state index contributed by atoms with van der Waals surface area (Å²) in [6, 6.07) is 17.8. The van der Waals surface area contributed by atoms with Crippen LogP contribution in [0.5, 0.6) is 0 Å². The Labute approximate surface area is 147 Å². The largest absolute Gasteiger partial charge is 0.331 e.